The quantitative estimate of drug-likeness (QED) is 0.161. The Morgan fingerprint density at radius 1 is 0.312 bits per heavy atom. The first-order valence-corrected chi connectivity index (χ1v) is 15.9. The summed E-state index contributed by atoms with van der Waals surface area (Å²) in [6, 6.07) is 58.8. The normalized spacial score (nSPS) is 10.9. The minimum atomic E-state index is 0.759. The number of hydrogen-bond acceptors (Lipinski definition) is 4. The maximum atomic E-state index is 4.76. The summed E-state index contributed by atoms with van der Waals surface area (Å²) in [5.41, 5.74) is 8.54. The lowest BCUT2D eigenvalue weighted by Gasteiger charge is -2.25. The molecule has 48 heavy (non-hydrogen) atoms. The summed E-state index contributed by atoms with van der Waals surface area (Å²) in [5, 5.41) is 0. The third-order valence-electron chi connectivity index (χ3n) is 8.31. The van der Waals surface area contributed by atoms with Gasteiger partial charge in [-0.05, 0) is 97.1 Å². The lowest BCUT2D eigenvalue weighted by molar-refractivity contribution is 0.987. The molecule has 0 radical (unpaired) electrons. The zero-order valence-corrected chi connectivity index (χ0v) is 26.2. The number of nitrogens with zero attached hydrogens (tertiary/aromatic N) is 6. The summed E-state index contributed by atoms with van der Waals surface area (Å²) < 4.78 is 4.16. The molecular formula is C42H32N6. The zero-order chi connectivity index (χ0) is 32.1. The molecular weight excluding hydrogens is 589 g/mol. The van der Waals surface area contributed by atoms with Gasteiger partial charge in [-0.2, -0.15) is 0 Å². The van der Waals surface area contributed by atoms with Crippen LogP contribution in [0.2, 0.25) is 0 Å². The summed E-state index contributed by atoms with van der Waals surface area (Å²) in [4.78, 5) is 14.0. The van der Waals surface area contributed by atoms with E-state index in [4.69, 9.17) is 9.97 Å². The molecule has 6 aromatic carbocycles. The summed E-state index contributed by atoms with van der Waals surface area (Å²) in [6.45, 7) is 0. The van der Waals surface area contributed by atoms with Crippen molar-refractivity contribution in [3.05, 3.63) is 195 Å². The summed E-state index contributed by atoms with van der Waals surface area (Å²) in [7, 11) is 0. The second-order valence-electron chi connectivity index (χ2n) is 11.3. The molecule has 6 nitrogen and oxygen atoms in total. The van der Waals surface area contributed by atoms with Crippen LogP contribution >= 0.6 is 0 Å². The highest BCUT2D eigenvalue weighted by Crippen LogP contribution is 2.36. The van der Waals surface area contributed by atoms with Crippen molar-refractivity contribution >= 4 is 34.1 Å². The molecule has 0 atom stereocenters. The van der Waals surface area contributed by atoms with Crippen molar-refractivity contribution in [2.45, 2.75) is 0 Å². The molecule has 0 amide bonds. The fourth-order valence-corrected chi connectivity index (χ4v) is 6.08. The highest BCUT2D eigenvalue weighted by atomic mass is 15.2. The van der Waals surface area contributed by atoms with Crippen molar-refractivity contribution in [3.8, 4) is 23.0 Å². The van der Waals surface area contributed by atoms with E-state index in [2.05, 4.69) is 165 Å². The molecule has 0 aliphatic rings. The summed E-state index contributed by atoms with van der Waals surface area (Å²) >= 11 is 0. The van der Waals surface area contributed by atoms with Gasteiger partial charge in [0.2, 0.25) is 0 Å². The second kappa shape index (κ2) is 13.0. The minimum absolute atomic E-state index is 0.759. The van der Waals surface area contributed by atoms with Crippen molar-refractivity contribution in [1.82, 2.24) is 19.1 Å². The van der Waals surface area contributed by atoms with E-state index in [9.17, 15) is 0 Å². The van der Waals surface area contributed by atoms with Crippen LogP contribution < -0.4 is 9.80 Å². The second-order valence-corrected chi connectivity index (χ2v) is 11.3. The third kappa shape index (κ3) is 5.63. The fourth-order valence-electron chi connectivity index (χ4n) is 6.08. The van der Waals surface area contributed by atoms with Crippen molar-refractivity contribution in [2.24, 2.45) is 0 Å². The molecule has 230 valence electrons. The third-order valence-corrected chi connectivity index (χ3v) is 8.31. The molecule has 8 aromatic rings. The first-order chi connectivity index (χ1) is 23.8. The predicted molar refractivity (Wildman–Crippen MR) is 195 cm³/mol. The van der Waals surface area contributed by atoms with E-state index in [0.717, 1.165) is 57.1 Å². The Morgan fingerprint density at radius 2 is 0.583 bits per heavy atom. The highest BCUT2D eigenvalue weighted by Gasteiger charge is 2.17. The number of benzene rings is 6. The first-order valence-electron chi connectivity index (χ1n) is 15.9. The maximum absolute atomic E-state index is 4.76. The molecule has 2 aromatic heterocycles. The fraction of sp³-hybridized carbons (Fsp3) is 0. The first kappa shape index (κ1) is 28.8. The molecule has 0 fully saturated rings. The van der Waals surface area contributed by atoms with E-state index in [0.29, 0.717) is 0 Å². The Morgan fingerprint density at radius 3 is 0.875 bits per heavy atom. The average molecular weight is 621 g/mol. The maximum Gasteiger partial charge on any atom is 0.181 e. The van der Waals surface area contributed by atoms with Crippen LogP contribution in [0.3, 0.4) is 0 Å². The lowest BCUT2D eigenvalue weighted by Crippen LogP contribution is -2.10. The van der Waals surface area contributed by atoms with E-state index in [1.165, 1.54) is 0 Å². The average Bonchev–Trinajstić information content (AvgIpc) is 3.85. The molecule has 0 bridgehead atoms. The molecule has 0 spiro atoms. The summed E-state index contributed by atoms with van der Waals surface area (Å²) in [6.07, 6.45) is 7.61. The van der Waals surface area contributed by atoms with Crippen molar-refractivity contribution < 1.29 is 0 Å². The number of aromatic nitrogens is 4. The van der Waals surface area contributed by atoms with E-state index in [-0.39, 0.29) is 0 Å². The van der Waals surface area contributed by atoms with Gasteiger partial charge in [0.1, 0.15) is 0 Å². The van der Waals surface area contributed by atoms with Crippen LogP contribution in [0.5, 0.6) is 0 Å². The minimum Gasteiger partial charge on any atom is -0.311 e. The molecule has 6 heteroatoms. The van der Waals surface area contributed by atoms with Crippen LogP contribution in [0, 0.1) is 0 Å². The largest absolute Gasteiger partial charge is 0.311 e. The van der Waals surface area contributed by atoms with Crippen LogP contribution in [0.15, 0.2) is 195 Å². The molecule has 0 saturated heterocycles. The molecule has 8 rings (SSSR count). The molecule has 2 heterocycles. The van der Waals surface area contributed by atoms with Gasteiger partial charge in [-0.1, -0.05) is 72.8 Å². The topological polar surface area (TPSA) is 42.1 Å². The number of para-hydroxylation sites is 4. The number of imidazole rings is 2. The van der Waals surface area contributed by atoms with Crippen molar-refractivity contribution in [2.75, 3.05) is 9.80 Å². The van der Waals surface area contributed by atoms with Gasteiger partial charge in [0.15, 0.2) is 11.6 Å². The monoisotopic (exact) mass is 620 g/mol. The smallest absolute Gasteiger partial charge is 0.181 e. The Labute approximate surface area is 280 Å². The number of anilines is 6. The standard InChI is InChI=1S/C42H32N6/c1-5-13-35(14-6-1)47(36-15-7-2-8-16-36)39-25-21-33(22-26-39)45-31-29-43-41(45)42-44-30-32-46(42)34-23-27-40(28-24-34)48(37-17-9-3-10-18-37)38-19-11-4-12-20-38/h1-32H. The Bertz CT molecular complexity index is 1970. The Hall–Kier alpha value is -6.66. The van der Waals surface area contributed by atoms with Gasteiger partial charge >= 0.3 is 0 Å². The van der Waals surface area contributed by atoms with E-state index in [1.807, 2.05) is 49.1 Å². The Balaban J connectivity index is 1.10. The van der Waals surface area contributed by atoms with Crippen molar-refractivity contribution in [1.29, 1.82) is 0 Å². The lowest BCUT2D eigenvalue weighted by atomic mass is 10.2. The van der Waals surface area contributed by atoms with Crippen LogP contribution in [0.25, 0.3) is 23.0 Å². The molecule has 0 N–H and O–H groups in total. The van der Waals surface area contributed by atoms with Gasteiger partial charge < -0.3 is 9.80 Å². The van der Waals surface area contributed by atoms with E-state index >= 15 is 0 Å². The van der Waals surface area contributed by atoms with Gasteiger partial charge in [-0.3, -0.25) is 9.13 Å². The van der Waals surface area contributed by atoms with Gasteiger partial charge in [0.25, 0.3) is 0 Å². The number of hydrogen-bond donors (Lipinski definition) is 0. The SMILES string of the molecule is c1ccc(N(c2ccccc2)c2ccc(-n3ccnc3-c3nccn3-c3ccc(N(c4ccccc4)c4ccccc4)cc3)cc2)cc1. The zero-order valence-electron chi connectivity index (χ0n) is 26.2. The molecule has 0 unspecified atom stereocenters. The predicted octanol–water partition coefficient (Wildman–Crippen LogP) is 10.7. The van der Waals surface area contributed by atoms with Crippen LogP contribution in [0.1, 0.15) is 0 Å². The molecule has 0 aliphatic carbocycles. The molecule has 0 aliphatic heterocycles. The van der Waals surface area contributed by atoms with E-state index < -0.39 is 0 Å². The highest BCUT2D eigenvalue weighted by molar-refractivity contribution is 5.78. The Kier molecular flexibility index (Phi) is 7.79. The van der Waals surface area contributed by atoms with Gasteiger partial charge in [0.05, 0.1) is 0 Å². The van der Waals surface area contributed by atoms with Gasteiger partial charge in [0, 0.05) is 70.3 Å². The van der Waals surface area contributed by atoms with Crippen LogP contribution in [0.4, 0.5) is 34.1 Å². The van der Waals surface area contributed by atoms with Crippen LogP contribution in [-0.2, 0) is 0 Å². The van der Waals surface area contributed by atoms with E-state index in [1.54, 1.807) is 0 Å². The van der Waals surface area contributed by atoms with Gasteiger partial charge in [-0.25, -0.2) is 9.97 Å². The summed E-state index contributed by atoms with van der Waals surface area (Å²) in [5.74, 6) is 1.52. The van der Waals surface area contributed by atoms with Gasteiger partial charge in [-0.15, -0.1) is 0 Å². The molecule has 0 saturated carbocycles. The number of rotatable bonds is 9. The van der Waals surface area contributed by atoms with Crippen LogP contribution in [-0.4, -0.2) is 19.1 Å². The van der Waals surface area contributed by atoms with Crippen molar-refractivity contribution in [3.63, 3.8) is 0 Å².